The first-order chi connectivity index (χ1) is 8.54. The molecule has 102 valence electrons. The zero-order chi connectivity index (χ0) is 13.5. The van der Waals surface area contributed by atoms with Gasteiger partial charge in [-0.2, -0.15) is 0 Å². The summed E-state index contributed by atoms with van der Waals surface area (Å²) in [4.78, 5) is 0. The van der Waals surface area contributed by atoms with Crippen molar-refractivity contribution in [3.05, 3.63) is 35.1 Å². The monoisotopic (exact) mass is 262 g/mol. The minimum Gasteiger partial charge on any atom is -0.375 e. The van der Waals surface area contributed by atoms with Gasteiger partial charge in [0, 0.05) is 12.6 Å². The molecule has 0 fully saturated rings. The molecule has 6 heteroatoms. The molecule has 0 saturated carbocycles. The number of halogens is 3. The van der Waals surface area contributed by atoms with Crippen molar-refractivity contribution < 1.29 is 17.9 Å². The number of alkyl halides is 2. The number of hydrogen-bond acceptors (Lipinski definition) is 3. The van der Waals surface area contributed by atoms with Crippen molar-refractivity contribution in [2.24, 2.45) is 5.84 Å². The Kier molecular flexibility index (Phi) is 6.11. The van der Waals surface area contributed by atoms with Crippen molar-refractivity contribution in [1.29, 1.82) is 0 Å². The van der Waals surface area contributed by atoms with Gasteiger partial charge in [0.15, 0.2) is 0 Å². The highest BCUT2D eigenvalue weighted by molar-refractivity contribution is 5.26. The predicted molar refractivity (Wildman–Crippen MR) is 62.6 cm³/mol. The molecule has 0 aliphatic rings. The third-order valence-corrected chi connectivity index (χ3v) is 2.58. The minimum atomic E-state index is -2.47. The Morgan fingerprint density at radius 3 is 2.67 bits per heavy atom. The summed E-state index contributed by atoms with van der Waals surface area (Å²) in [6, 6.07) is 4.39. The first-order valence-corrected chi connectivity index (χ1v) is 5.62. The highest BCUT2D eigenvalue weighted by Gasteiger charge is 2.11. The Bertz CT molecular complexity index is 374. The number of nitrogens with one attached hydrogen (secondary N) is 1. The highest BCUT2D eigenvalue weighted by Crippen LogP contribution is 2.19. The molecule has 0 aliphatic heterocycles. The van der Waals surface area contributed by atoms with Crippen molar-refractivity contribution in [1.82, 2.24) is 5.43 Å². The van der Waals surface area contributed by atoms with E-state index in [1.807, 2.05) is 0 Å². The second-order valence-corrected chi connectivity index (χ2v) is 3.98. The van der Waals surface area contributed by atoms with E-state index >= 15 is 0 Å². The molecule has 0 aliphatic carbocycles. The Balaban J connectivity index is 2.52. The smallest absolute Gasteiger partial charge is 0.261 e. The summed E-state index contributed by atoms with van der Waals surface area (Å²) >= 11 is 0. The third-order valence-electron chi connectivity index (χ3n) is 2.58. The molecule has 1 atom stereocenters. The summed E-state index contributed by atoms with van der Waals surface area (Å²) in [5, 5.41) is 0. The van der Waals surface area contributed by atoms with Gasteiger partial charge >= 0.3 is 0 Å². The van der Waals surface area contributed by atoms with Crippen LogP contribution in [0.1, 0.15) is 23.6 Å². The second kappa shape index (κ2) is 7.35. The number of hydrogen-bond donors (Lipinski definition) is 2. The zero-order valence-electron chi connectivity index (χ0n) is 10.1. The van der Waals surface area contributed by atoms with Crippen LogP contribution in [0.2, 0.25) is 0 Å². The maximum Gasteiger partial charge on any atom is 0.261 e. The fourth-order valence-electron chi connectivity index (χ4n) is 1.60. The van der Waals surface area contributed by atoms with Gasteiger partial charge in [-0.3, -0.25) is 11.3 Å². The maximum atomic E-state index is 13.1. The van der Waals surface area contributed by atoms with E-state index in [-0.39, 0.29) is 18.5 Å². The van der Waals surface area contributed by atoms with Crippen LogP contribution in [0.25, 0.3) is 0 Å². The molecule has 0 amide bonds. The Labute approximate surface area is 104 Å². The van der Waals surface area contributed by atoms with Gasteiger partial charge in [0.1, 0.15) is 12.4 Å². The summed E-state index contributed by atoms with van der Waals surface area (Å²) in [5.41, 5.74) is 3.88. The molecule has 1 aromatic rings. The van der Waals surface area contributed by atoms with E-state index in [0.29, 0.717) is 12.0 Å². The van der Waals surface area contributed by atoms with Crippen molar-refractivity contribution in [3.63, 3.8) is 0 Å². The Morgan fingerprint density at radius 2 is 2.11 bits per heavy atom. The van der Waals surface area contributed by atoms with Gasteiger partial charge in [-0.05, 0) is 30.5 Å². The Hall–Kier alpha value is -1.11. The minimum absolute atomic E-state index is 0.162. The van der Waals surface area contributed by atoms with Crippen LogP contribution < -0.4 is 11.3 Å². The molecule has 0 heterocycles. The number of rotatable bonds is 7. The van der Waals surface area contributed by atoms with Gasteiger partial charge in [0.2, 0.25) is 0 Å². The van der Waals surface area contributed by atoms with Gasteiger partial charge in [-0.25, -0.2) is 13.2 Å². The number of benzene rings is 1. The number of nitrogens with two attached hydrogens (primary N) is 1. The van der Waals surface area contributed by atoms with E-state index in [9.17, 15) is 13.2 Å². The first kappa shape index (κ1) is 14.9. The van der Waals surface area contributed by atoms with Gasteiger partial charge in [-0.15, -0.1) is 0 Å². The molecule has 0 saturated heterocycles. The van der Waals surface area contributed by atoms with Crippen LogP contribution in [0.5, 0.6) is 0 Å². The molecule has 1 aromatic carbocycles. The summed E-state index contributed by atoms with van der Waals surface area (Å²) in [6.07, 6.45) is -2.03. The fourth-order valence-corrected chi connectivity index (χ4v) is 1.60. The van der Waals surface area contributed by atoms with Gasteiger partial charge in [0.25, 0.3) is 6.43 Å². The summed E-state index contributed by atoms with van der Waals surface area (Å²) in [7, 11) is 0. The van der Waals surface area contributed by atoms with E-state index in [1.165, 1.54) is 6.07 Å². The molecule has 0 spiro atoms. The van der Waals surface area contributed by atoms with Gasteiger partial charge in [0.05, 0.1) is 0 Å². The maximum absolute atomic E-state index is 13.1. The van der Waals surface area contributed by atoms with Crippen molar-refractivity contribution in [3.8, 4) is 0 Å². The molecule has 3 nitrogen and oxygen atoms in total. The molecule has 3 N–H and O–H groups in total. The van der Waals surface area contributed by atoms with E-state index in [0.717, 1.165) is 5.56 Å². The lowest BCUT2D eigenvalue weighted by molar-refractivity contribution is 0.0143. The van der Waals surface area contributed by atoms with Crippen LogP contribution in [0.15, 0.2) is 18.2 Å². The van der Waals surface area contributed by atoms with E-state index in [1.54, 1.807) is 19.1 Å². The average molecular weight is 262 g/mol. The zero-order valence-corrected chi connectivity index (χ0v) is 10.1. The SMILES string of the molecule is Cc1cc(C(CCOCC(F)F)NN)ccc1F. The number of ether oxygens (including phenoxy) is 1. The molecule has 0 aromatic heterocycles. The van der Waals surface area contributed by atoms with Crippen LogP contribution in [-0.2, 0) is 4.74 Å². The molecule has 1 rings (SSSR count). The van der Waals surface area contributed by atoms with Gasteiger partial charge in [-0.1, -0.05) is 12.1 Å². The molecule has 0 bridgehead atoms. The largest absolute Gasteiger partial charge is 0.375 e. The quantitative estimate of drug-likeness (QED) is 0.450. The van der Waals surface area contributed by atoms with Crippen molar-refractivity contribution in [2.75, 3.05) is 13.2 Å². The Morgan fingerprint density at radius 1 is 1.39 bits per heavy atom. The second-order valence-electron chi connectivity index (χ2n) is 3.98. The molecular weight excluding hydrogens is 245 g/mol. The molecule has 18 heavy (non-hydrogen) atoms. The molecule has 0 radical (unpaired) electrons. The van der Waals surface area contributed by atoms with E-state index < -0.39 is 13.0 Å². The lowest BCUT2D eigenvalue weighted by atomic mass is 10.0. The van der Waals surface area contributed by atoms with Crippen molar-refractivity contribution in [2.45, 2.75) is 25.8 Å². The van der Waals surface area contributed by atoms with Crippen LogP contribution in [-0.4, -0.2) is 19.6 Å². The summed E-state index contributed by atoms with van der Waals surface area (Å²) < 4.78 is 41.6. The van der Waals surface area contributed by atoms with Crippen LogP contribution in [0.4, 0.5) is 13.2 Å². The topological polar surface area (TPSA) is 47.3 Å². The van der Waals surface area contributed by atoms with Crippen LogP contribution >= 0.6 is 0 Å². The third kappa shape index (κ3) is 4.64. The first-order valence-electron chi connectivity index (χ1n) is 5.62. The average Bonchev–Trinajstić information content (AvgIpc) is 2.33. The normalized spacial score (nSPS) is 13.0. The van der Waals surface area contributed by atoms with E-state index in [4.69, 9.17) is 10.6 Å². The standard InChI is InChI=1S/C12H17F3N2O/c1-8-6-9(2-3-10(8)13)11(17-16)4-5-18-7-12(14)15/h2-3,6,11-12,17H,4-5,7,16H2,1H3. The lowest BCUT2D eigenvalue weighted by Crippen LogP contribution is -2.29. The lowest BCUT2D eigenvalue weighted by Gasteiger charge is -2.17. The number of hydrazine groups is 1. The predicted octanol–water partition coefficient (Wildman–Crippen LogP) is 2.31. The fraction of sp³-hybridized carbons (Fsp3) is 0.500. The molecular formula is C12H17F3N2O. The van der Waals surface area contributed by atoms with Gasteiger partial charge < -0.3 is 4.74 Å². The molecule has 1 unspecified atom stereocenters. The van der Waals surface area contributed by atoms with Crippen LogP contribution in [0, 0.1) is 12.7 Å². The van der Waals surface area contributed by atoms with E-state index in [2.05, 4.69) is 5.43 Å². The number of aryl methyl sites for hydroxylation is 1. The summed E-state index contributed by atoms with van der Waals surface area (Å²) in [6.45, 7) is 1.23. The summed E-state index contributed by atoms with van der Waals surface area (Å²) in [5.74, 6) is 5.10. The van der Waals surface area contributed by atoms with Crippen LogP contribution in [0.3, 0.4) is 0 Å². The van der Waals surface area contributed by atoms with Crippen molar-refractivity contribution >= 4 is 0 Å². The highest BCUT2D eigenvalue weighted by atomic mass is 19.3.